The minimum absolute atomic E-state index is 0.292. The van der Waals surface area contributed by atoms with E-state index < -0.39 is 0 Å². The molecule has 1 aromatic rings. The Hall–Kier alpha value is -0.890. The number of aromatic nitrogens is 1. The molecule has 0 spiro atoms. The number of aryl methyl sites for hydroxylation is 1. The summed E-state index contributed by atoms with van der Waals surface area (Å²) >= 11 is 0. The zero-order valence-corrected chi connectivity index (χ0v) is 5.87. The Morgan fingerprint density at radius 1 is 1.70 bits per heavy atom. The Labute approximate surface area is 59.9 Å². The largest absolute Gasteiger partial charge is 0.366 e. The summed E-state index contributed by atoms with van der Waals surface area (Å²) in [5.74, 6) is 0. The molecule has 1 atom stereocenters. The van der Waals surface area contributed by atoms with E-state index in [9.17, 15) is 0 Å². The van der Waals surface area contributed by atoms with Gasteiger partial charge in [0.05, 0.1) is 12.3 Å². The van der Waals surface area contributed by atoms with Crippen molar-refractivity contribution in [3.8, 4) is 0 Å². The average Bonchev–Trinajstić information content (AvgIpc) is 2.68. The fourth-order valence-electron chi connectivity index (χ4n) is 0.954. The number of rotatable bonds is 1. The summed E-state index contributed by atoms with van der Waals surface area (Å²) < 4.78 is 5.09. The molecular formula is C8H9NO. The van der Waals surface area contributed by atoms with Crippen LogP contribution in [-0.4, -0.2) is 11.6 Å². The molecule has 0 aliphatic carbocycles. The van der Waals surface area contributed by atoms with Gasteiger partial charge >= 0.3 is 0 Å². The van der Waals surface area contributed by atoms with E-state index in [2.05, 4.69) is 18.0 Å². The van der Waals surface area contributed by atoms with Gasteiger partial charge in [-0.1, -0.05) is 0 Å². The lowest BCUT2D eigenvalue weighted by Gasteiger charge is -1.94. The van der Waals surface area contributed by atoms with Crippen LogP contribution in [0.5, 0.6) is 0 Å². The lowest BCUT2D eigenvalue weighted by Crippen LogP contribution is -1.86. The molecule has 1 saturated heterocycles. The quantitative estimate of drug-likeness (QED) is 0.545. The van der Waals surface area contributed by atoms with Crippen LogP contribution in [-0.2, 0) is 4.74 Å². The van der Waals surface area contributed by atoms with Crippen molar-refractivity contribution in [2.45, 2.75) is 13.0 Å². The highest BCUT2D eigenvalue weighted by Gasteiger charge is 2.25. The second-order valence-corrected chi connectivity index (χ2v) is 2.58. The molecule has 1 aliphatic rings. The first-order valence-corrected chi connectivity index (χ1v) is 3.40. The molecule has 10 heavy (non-hydrogen) atoms. The van der Waals surface area contributed by atoms with Crippen LogP contribution in [0.1, 0.15) is 17.4 Å². The molecule has 52 valence electrons. The van der Waals surface area contributed by atoms with Gasteiger partial charge in [-0.05, 0) is 24.6 Å². The molecule has 0 N–H and O–H groups in total. The second-order valence-electron chi connectivity index (χ2n) is 2.58. The van der Waals surface area contributed by atoms with Crippen LogP contribution < -0.4 is 0 Å². The lowest BCUT2D eigenvalue weighted by atomic mass is 10.2. The van der Waals surface area contributed by atoms with Crippen LogP contribution in [0.2, 0.25) is 0 Å². The molecule has 2 heteroatoms. The minimum atomic E-state index is 0.292. The lowest BCUT2D eigenvalue weighted by molar-refractivity contribution is 0.411. The topological polar surface area (TPSA) is 25.4 Å². The molecule has 0 bridgehead atoms. The Morgan fingerprint density at radius 3 is 3.10 bits per heavy atom. The van der Waals surface area contributed by atoms with E-state index in [1.807, 2.05) is 12.3 Å². The first-order chi connectivity index (χ1) is 4.86. The monoisotopic (exact) mass is 135 g/mol. The van der Waals surface area contributed by atoms with Crippen molar-refractivity contribution in [3.05, 3.63) is 29.6 Å². The standard InChI is InChI=1S/C8H9NO/c1-6-2-3-9-7(4-6)8-5-10-8/h2-4,8H,5H2,1H3/t8-/m1/s1. The van der Waals surface area contributed by atoms with Gasteiger partial charge in [-0.3, -0.25) is 4.98 Å². The van der Waals surface area contributed by atoms with Gasteiger partial charge in [-0.25, -0.2) is 0 Å². The predicted molar refractivity (Wildman–Crippen MR) is 37.7 cm³/mol. The molecular weight excluding hydrogens is 126 g/mol. The Balaban J connectivity index is 2.32. The van der Waals surface area contributed by atoms with E-state index in [-0.39, 0.29) is 0 Å². The van der Waals surface area contributed by atoms with Gasteiger partial charge in [0, 0.05) is 6.20 Å². The predicted octanol–water partition coefficient (Wildman–Crippen LogP) is 1.46. The summed E-state index contributed by atoms with van der Waals surface area (Å²) in [6, 6.07) is 4.06. The molecule has 0 radical (unpaired) electrons. The minimum Gasteiger partial charge on any atom is -0.366 e. The molecule has 1 fully saturated rings. The number of pyridine rings is 1. The van der Waals surface area contributed by atoms with Crippen molar-refractivity contribution in [1.82, 2.24) is 4.98 Å². The number of epoxide rings is 1. The van der Waals surface area contributed by atoms with Crippen molar-refractivity contribution >= 4 is 0 Å². The SMILES string of the molecule is Cc1ccnc([C@H]2CO2)c1. The van der Waals surface area contributed by atoms with Crippen LogP contribution in [0, 0.1) is 6.92 Å². The van der Waals surface area contributed by atoms with Gasteiger partial charge in [0.15, 0.2) is 0 Å². The molecule has 0 unspecified atom stereocenters. The van der Waals surface area contributed by atoms with Gasteiger partial charge in [0.2, 0.25) is 0 Å². The van der Waals surface area contributed by atoms with E-state index in [1.165, 1.54) is 5.56 Å². The smallest absolute Gasteiger partial charge is 0.123 e. The van der Waals surface area contributed by atoms with E-state index in [0.29, 0.717) is 6.10 Å². The molecule has 0 saturated carbocycles. The van der Waals surface area contributed by atoms with Gasteiger partial charge in [-0.15, -0.1) is 0 Å². The number of nitrogens with zero attached hydrogens (tertiary/aromatic N) is 1. The first-order valence-electron chi connectivity index (χ1n) is 3.40. The maximum Gasteiger partial charge on any atom is 0.123 e. The van der Waals surface area contributed by atoms with Gasteiger partial charge < -0.3 is 4.74 Å². The normalized spacial score (nSPS) is 22.7. The summed E-state index contributed by atoms with van der Waals surface area (Å²) in [4.78, 5) is 4.18. The summed E-state index contributed by atoms with van der Waals surface area (Å²) in [7, 11) is 0. The Kier molecular flexibility index (Phi) is 1.21. The molecule has 2 nitrogen and oxygen atoms in total. The highest BCUT2D eigenvalue weighted by Crippen LogP contribution is 2.27. The van der Waals surface area contributed by atoms with Crippen LogP contribution in [0.15, 0.2) is 18.3 Å². The zero-order valence-electron chi connectivity index (χ0n) is 5.87. The van der Waals surface area contributed by atoms with Gasteiger partial charge in [0.1, 0.15) is 6.10 Å². The fraction of sp³-hybridized carbons (Fsp3) is 0.375. The molecule has 0 aromatic carbocycles. The zero-order chi connectivity index (χ0) is 6.97. The highest BCUT2D eigenvalue weighted by atomic mass is 16.6. The van der Waals surface area contributed by atoms with Crippen molar-refractivity contribution in [1.29, 1.82) is 0 Å². The first kappa shape index (κ1) is 5.86. The molecule has 1 aromatic heterocycles. The van der Waals surface area contributed by atoms with Crippen LogP contribution in [0.3, 0.4) is 0 Å². The molecule has 2 heterocycles. The summed E-state index contributed by atoms with van der Waals surface area (Å²) in [6.07, 6.45) is 2.12. The van der Waals surface area contributed by atoms with E-state index in [1.54, 1.807) is 0 Å². The van der Waals surface area contributed by atoms with Crippen molar-refractivity contribution in [2.75, 3.05) is 6.61 Å². The molecule has 1 aliphatic heterocycles. The molecule has 0 amide bonds. The maximum atomic E-state index is 5.09. The van der Waals surface area contributed by atoms with Crippen molar-refractivity contribution < 1.29 is 4.74 Å². The average molecular weight is 135 g/mol. The van der Waals surface area contributed by atoms with Crippen LogP contribution in [0.4, 0.5) is 0 Å². The highest BCUT2D eigenvalue weighted by molar-refractivity contribution is 5.18. The Morgan fingerprint density at radius 2 is 2.50 bits per heavy atom. The summed E-state index contributed by atoms with van der Waals surface area (Å²) in [5.41, 5.74) is 2.32. The molecule has 2 rings (SSSR count). The van der Waals surface area contributed by atoms with Gasteiger partial charge in [0.25, 0.3) is 0 Å². The van der Waals surface area contributed by atoms with E-state index >= 15 is 0 Å². The van der Waals surface area contributed by atoms with E-state index in [4.69, 9.17) is 4.74 Å². The second kappa shape index (κ2) is 2.06. The van der Waals surface area contributed by atoms with Crippen LogP contribution >= 0.6 is 0 Å². The van der Waals surface area contributed by atoms with Gasteiger partial charge in [-0.2, -0.15) is 0 Å². The van der Waals surface area contributed by atoms with Crippen LogP contribution in [0.25, 0.3) is 0 Å². The van der Waals surface area contributed by atoms with Crippen molar-refractivity contribution in [3.63, 3.8) is 0 Å². The third kappa shape index (κ3) is 1.02. The number of hydrogen-bond acceptors (Lipinski definition) is 2. The van der Waals surface area contributed by atoms with E-state index in [0.717, 1.165) is 12.3 Å². The third-order valence-electron chi connectivity index (χ3n) is 1.60. The summed E-state index contributed by atoms with van der Waals surface area (Å²) in [6.45, 7) is 2.91. The van der Waals surface area contributed by atoms with Crippen molar-refractivity contribution in [2.24, 2.45) is 0 Å². The third-order valence-corrected chi connectivity index (χ3v) is 1.60. The number of hydrogen-bond donors (Lipinski definition) is 0. The maximum absolute atomic E-state index is 5.09. The fourth-order valence-corrected chi connectivity index (χ4v) is 0.954. The summed E-state index contributed by atoms with van der Waals surface area (Å²) in [5, 5.41) is 0. The number of ether oxygens (including phenoxy) is 1. The Bertz CT molecular complexity index is 243.